The third-order valence-electron chi connectivity index (χ3n) is 3.30. The van der Waals surface area contributed by atoms with Crippen molar-refractivity contribution in [1.82, 2.24) is 4.90 Å². The maximum Gasteiger partial charge on any atom is 0.227 e. The molecule has 2 rings (SSSR count). The van der Waals surface area contributed by atoms with E-state index in [-0.39, 0.29) is 17.5 Å². The van der Waals surface area contributed by atoms with E-state index in [1.807, 2.05) is 7.05 Å². The minimum Gasteiger partial charge on any atom is -0.321 e. The van der Waals surface area contributed by atoms with Gasteiger partial charge in [-0.2, -0.15) is 0 Å². The fourth-order valence-electron chi connectivity index (χ4n) is 2.11. The first kappa shape index (κ1) is 13.0. The molecule has 1 aromatic rings. The normalized spacial score (nSPS) is 17.7. The number of rotatable bonds is 2. The second kappa shape index (κ2) is 5.44. The first-order chi connectivity index (χ1) is 8.58. The van der Waals surface area contributed by atoms with E-state index in [4.69, 9.17) is 0 Å². The molecule has 98 valence electrons. The molecule has 0 aliphatic carbocycles. The Morgan fingerprint density at radius 1 is 1.28 bits per heavy atom. The minimum absolute atomic E-state index is 0.166. The van der Waals surface area contributed by atoms with Gasteiger partial charge in [-0.15, -0.1) is 0 Å². The lowest BCUT2D eigenvalue weighted by molar-refractivity contribution is -0.121. The summed E-state index contributed by atoms with van der Waals surface area (Å²) in [6.07, 6.45) is 1.44. The second-order valence-corrected chi connectivity index (χ2v) is 4.66. The first-order valence-corrected chi connectivity index (χ1v) is 6.01. The summed E-state index contributed by atoms with van der Waals surface area (Å²) >= 11 is 0. The molecule has 0 atom stereocenters. The number of amides is 1. The molecule has 1 saturated heterocycles. The SMILES string of the molecule is CN1CCC(C(=O)Nc2c(F)cccc2F)CC1. The molecule has 1 aliphatic heterocycles. The zero-order chi connectivity index (χ0) is 13.1. The van der Waals surface area contributed by atoms with Crippen LogP contribution in [-0.2, 0) is 4.79 Å². The number of carbonyl (C=O) groups is 1. The van der Waals surface area contributed by atoms with Crippen LogP contribution in [0.25, 0.3) is 0 Å². The molecule has 0 saturated carbocycles. The quantitative estimate of drug-likeness (QED) is 0.878. The Labute approximate surface area is 105 Å². The van der Waals surface area contributed by atoms with E-state index in [2.05, 4.69) is 10.2 Å². The molecule has 1 aliphatic rings. The predicted molar refractivity (Wildman–Crippen MR) is 65.2 cm³/mol. The average Bonchev–Trinajstić information content (AvgIpc) is 2.34. The van der Waals surface area contributed by atoms with E-state index in [0.717, 1.165) is 38.1 Å². The summed E-state index contributed by atoms with van der Waals surface area (Å²) in [7, 11) is 1.99. The zero-order valence-electron chi connectivity index (χ0n) is 10.2. The van der Waals surface area contributed by atoms with E-state index in [9.17, 15) is 13.6 Å². The van der Waals surface area contributed by atoms with Crippen LogP contribution in [0.15, 0.2) is 18.2 Å². The van der Waals surface area contributed by atoms with Crippen molar-refractivity contribution in [2.24, 2.45) is 5.92 Å². The van der Waals surface area contributed by atoms with E-state index in [0.29, 0.717) is 0 Å². The first-order valence-electron chi connectivity index (χ1n) is 6.01. The van der Waals surface area contributed by atoms with Gasteiger partial charge < -0.3 is 10.2 Å². The Kier molecular flexibility index (Phi) is 3.91. The molecule has 0 aromatic heterocycles. The van der Waals surface area contributed by atoms with E-state index < -0.39 is 11.6 Å². The number of anilines is 1. The average molecular weight is 254 g/mol. The van der Waals surface area contributed by atoms with Crippen LogP contribution >= 0.6 is 0 Å². The van der Waals surface area contributed by atoms with Crippen molar-refractivity contribution >= 4 is 11.6 Å². The topological polar surface area (TPSA) is 32.3 Å². The summed E-state index contributed by atoms with van der Waals surface area (Å²) in [6, 6.07) is 3.54. The van der Waals surface area contributed by atoms with Crippen LogP contribution in [0.1, 0.15) is 12.8 Å². The molecule has 0 spiro atoms. The third-order valence-corrected chi connectivity index (χ3v) is 3.30. The number of carbonyl (C=O) groups excluding carboxylic acids is 1. The maximum atomic E-state index is 13.4. The number of nitrogens with one attached hydrogen (secondary N) is 1. The van der Waals surface area contributed by atoms with Crippen LogP contribution in [0, 0.1) is 17.6 Å². The van der Waals surface area contributed by atoms with Crippen molar-refractivity contribution in [2.45, 2.75) is 12.8 Å². The van der Waals surface area contributed by atoms with Crippen LogP contribution in [-0.4, -0.2) is 30.9 Å². The molecule has 1 aromatic carbocycles. The Morgan fingerprint density at radius 2 is 1.83 bits per heavy atom. The van der Waals surface area contributed by atoms with Crippen LogP contribution < -0.4 is 5.32 Å². The third kappa shape index (κ3) is 2.85. The second-order valence-electron chi connectivity index (χ2n) is 4.66. The molecule has 1 N–H and O–H groups in total. The Balaban J connectivity index is 2.03. The highest BCUT2D eigenvalue weighted by atomic mass is 19.1. The molecule has 0 radical (unpaired) electrons. The minimum atomic E-state index is -0.740. The zero-order valence-corrected chi connectivity index (χ0v) is 10.2. The van der Waals surface area contributed by atoms with Crippen LogP contribution in [0.4, 0.5) is 14.5 Å². The Bertz CT molecular complexity index is 422. The van der Waals surface area contributed by atoms with Gasteiger partial charge in [0.25, 0.3) is 0 Å². The number of hydrogen-bond acceptors (Lipinski definition) is 2. The summed E-state index contributed by atoms with van der Waals surface area (Å²) in [5.41, 5.74) is -0.346. The number of benzene rings is 1. The summed E-state index contributed by atoms with van der Waals surface area (Å²) in [4.78, 5) is 14.0. The van der Waals surface area contributed by atoms with E-state index in [1.54, 1.807) is 0 Å². The molecule has 5 heteroatoms. The molecule has 1 amide bonds. The summed E-state index contributed by atoms with van der Waals surface area (Å²) in [5, 5.41) is 2.36. The lowest BCUT2D eigenvalue weighted by Gasteiger charge is -2.28. The van der Waals surface area contributed by atoms with Gasteiger partial charge in [0.15, 0.2) is 0 Å². The Morgan fingerprint density at radius 3 is 2.39 bits per heavy atom. The summed E-state index contributed by atoms with van der Waals surface area (Å²) in [5.74, 6) is -1.94. The molecule has 1 fully saturated rings. The van der Waals surface area contributed by atoms with E-state index in [1.165, 1.54) is 6.07 Å². The van der Waals surface area contributed by atoms with Crippen LogP contribution in [0.5, 0.6) is 0 Å². The molecule has 0 unspecified atom stereocenters. The van der Waals surface area contributed by atoms with Crippen molar-refractivity contribution in [2.75, 3.05) is 25.5 Å². The van der Waals surface area contributed by atoms with Crippen LogP contribution in [0.2, 0.25) is 0 Å². The molecule has 3 nitrogen and oxygen atoms in total. The molecule has 1 heterocycles. The predicted octanol–water partition coefficient (Wildman–Crippen LogP) is 2.25. The van der Waals surface area contributed by atoms with Crippen molar-refractivity contribution in [3.63, 3.8) is 0 Å². The van der Waals surface area contributed by atoms with Crippen molar-refractivity contribution in [3.05, 3.63) is 29.8 Å². The number of hydrogen-bond donors (Lipinski definition) is 1. The fourth-order valence-corrected chi connectivity index (χ4v) is 2.11. The molecular formula is C13H16F2N2O. The summed E-state index contributed by atoms with van der Waals surface area (Å²) in [6.45, 7) is 1.66. The largest absolute Gasteiger partial charge is 0.321 e. The molecular weight excluding hydrogens is 238 g/mol. The van der Waals surface area contributed by atoms with Crippen molar-refractivity contribution < 1.29 is 13.6 Å². The van der Waals surface area contributed by atoms with Crippen molar-refractivity contribution in [1.29, 1.82) is 0 Å². The lowest BCUT2D eigenvalue weighted by Crippen LogP contribution is -2.36. The van der Waals surface area contributed by atoms with Gasteiger partial charge in [0.1, 0.15) is 17.3 Å². The number of nitrogens with zero attached hydrogens (tertiary/aromatic N) is 1. The highest BCUT2D eigenvalue weighted by Gasteiger charge is 2.24. The van der Waals surface area contributed by atoms with Gasteiger partial charge in [-0.25, -0.2) is 8.78 Å². The monoisotopic (exact) mass is 254 g/mol. The molecule has 0 bridgehead atoms. The highest BCUT2D eigenvalue weighted by molar-refractivity contribution is 5.92. The molecule has 18 heavy (non-hydrogen) atoms. The Hall–Kier alpha value is -1.49. The van der Waals surface area contributed by atoms with Gasteiger partial charge in [0.2, 0.25) is 5.91 Å². The van der Waals surface area contributed by atoms with Crippen molar-refractivity contribution in [3.8, 4) is 0 Å². The number of halogens is 2. The standard InChI is InChI=1S/C13H16F2N2O/c1-17-7-5-9(6-8-17)13(18)16-12-10(14)3-2-4-11(12)15/h2-4,9H,5-8H2,1H3,(H,16,18). The highest BCUT2D eigenvalue weighted by Crippen LogP contribution is 2.22. The summed E-state index contributed by atoms with van der Waals surface area (Å²) < 4.78 is 26.8. The number of likely N-dealkylation sites (tertiary alicyclic amines) is 1. The van der Waals surface area contributed by atoms with E-state index >= 15 is 0 Å². The van der Waals surface area contributed by atoms with Gasteiger partial charge in [-0.05, 0) is 45.1 Å². The number of piperidine rings is 1. The van der Waals surface area contributed by atoms with Gasteiger partial charge >= 0.3 is 0 Å². The van der Waals surface area contributed by atoms with Gasteiger partial charge in [0, 0.05) is 5.92 Å². The fraction of sp³-hybridized carbons (Fsp3) is 0.462. The van der Waals surface area contributed by atoms with Gasteiger partial charge in [0.05, 0.1) is 0 Å². The van der Waals surface area contributed by atoms with Gasteiger partial charge in [-0.1, -0.05) is 6.07 Å². The smallest absolute Gasteiger partial charge is 0.227 e. The van der Waals surface area contributed by atoms with Crippen LogP contribution in [0.3, 0.4) is 0 Å². The lowest BCUT2D eigenvalue weighted by atomic mass is 9.96. The van der Waals surface area contributed by atoms with Gasteiger partial charge in [-0.3, -0.25) is 4.79 Å². The maximum absolute atomic E-state index is 13.4. The number of para-hydroxylation sites is 1.